The summed E-state index contributed by atoms with van der Waals surface area (Å²) >= 11 is 0. The Labute approximate surface area is 91.8 Å². The molecule has 0 fully saturated rings. The van der Waals surface area contributed by atoms with Gasteiger partial charge in [-0.2, -0.15) is 0 Å². The first-order valence-corrected chi connectivity index (χ1v) is 4.52. The molecule has 2 heteroatoms. The molecule has 0 spiro atoms. The highest BCUT2D eigenvalue weighted by atomic mass is 14.8. The maximum atomic E-state index is 5.10. The van der Waals surface area contributed by atoms with Gasteiger partial charge in [-0.25, -0.2) is 0 Å². The summed E-state index contributed by atoms with van der Waals surface area (Å²) in [5.41, 5.74) is 2.77. The minimum absolute atomic E-state index is 0.892. The van der Waals surface area contributed by atoms with Crippen LogP contribution in [0.2, 0.25) is 0 Å². The van der Waals surface area contributed by atoms with Gasteiger partial charge in [0, 0.05) is 24.2 Å². The number of hydrogen-bond donors (Lipinski definition) is 1. The van der Waals surface area contributed by atoms with Crippen LogP contribution in [-0.4, -0.2) is 6.21 Å². The Balaban J connectivity index is 4.78. The second-order valence-corrected chi connectivity index (χ2v) is 2.98. The van der Waals surface area contributed by atoms with E-state index in [2.05, 4.69) is 29.5 Å². The van der Waals surface area contributed by atoms with Gasteiger partial charge in [0.05, 0.1) is 0 Å². The van der Waals surface area contributed by atoms with Gasteiger partial charge in [-0.15, -0.1) is 0 Å². The Morgan fingerprint density at radius 1 is 1.40 bits per heavy atom. The van der Waals surface area contributed by atoms with Crippen molar-refractivity contribution < 1.29 is 0 Å². The van der Waals surface area contributed by atoms with Crippen molar-refractivity contribution in [2.45, 2.75) is 13.8 Å². The van der Waals surface area contributed by atoms with Crippen LogP contribution < -0.4 is 5.32 Å². The zero-order valence-corrected chi connectivity index (χ0v) is 9.25. The second kappa shape index (κ2) is 7.40. The topological polar surface area (TPSA) is 24.4 Å². The highest BCUT2D eigenvalue weighted by Crippen LogP contribution is 2.04. The van der Waals surface area contributed by atoms with E-state index in [1.165, 1.54) is 6.20 Å². The van der Waals surface area contributed by atoms with E-state index in [1.807, 2.05) is 26.0 Å². The van der Waals surface area contributed by atoms with E-state index < -0.39 is 0 Å². The van der Waals surface area contributed by atoms with Gasteiger partial charge in [0.15, 0.2) is 0 Å². The molecule has 0 aromatic carbocycles. The van der Waals surface area contributed by atoms with Crippen LogP contribution in [0.5, 0.6) is 0 Å². The van der Waals surface area contributed by atoms with Gasteiger partial charge in [-0.05, 0) is 31.1 Å². The molecule has 0 saturated heterocycles. The molecule has 0 unspecified atom stereocenters. The maximum absolute atomic E-state index is 5.10. The molecular formula is C13H16N2. The molecule has 0 aromatic rings. The van der Waals surface area contributed by atoms with Crippen molar-refractivity contribution in [3.8, 4) is 12.5 Å². The molecular weight excluding hydrogens is 184 g/mol. The van der Waals surface area contributed by atoms with Crippen molar-refractivity contribution in [2.24, 2.45) is 4.99 Å². The van der Waals surface area contributed by atoms with Gasteiger partial charge in [-0.1, -0.05) is 25.7 Å². The molecule has 0 atom stereocenters. The molecule has 0 aliphatic rings. The molecule has 0 saturated carbocycles. The van der Waals surface area contributed by atoms with Crippen LogP contribution in [0, 0.1) is 12.5 Å². The van der Waals surface area contributed by atoms with Crippen molar-refractivity contribution in [2.75, 3.05) is 0 Å². The first-order chi connectivity index (χ1) is 7.11. The molecule has 0 aliphatic carbocycles. The monoisotopic (exact) mass is 200 g/mol. The summed E-state index contributed by atoms with van der Waals surface area (Å²) in [6.07, 6.45) is 12.1. The number of terminal acetylenes is 1. The number of rotatable bonds is 5. The molecule has 78 valence electrons. The molecule has 0 heterocycles. The smallest absolute Gasteiger partial charge is 0.0342 e. The van der Waals surface area contributed by atoms with Crippen LogP contribution in [0.3, 0.4) is 0 Å². The molecule has 0 rings (SSSR count). The minimum atomic E-state index is 0.892. The fourth-order valence-electron chi connectivity index (χ4n) is 0.799. The van der Waals surface area contributed by atoms with Gasteiger partial charge >= 0.3 is 0 Å². The molecule has 0 aliphatic heterocycles. The molecule has 0 bridgehead atoms. The molecule has 15 heavy (non-hydrogen) atoms. The normalized spacial score (nSPS) is 12.3. The van der Waals surface area contributed by atoms with Crippen molar-refractivity contribution in [1.29, 1.82) is 0 Å². The van der Waals surface area contributed by atoms with Gasteiger partial charge in [-0.3, -0.25) is 4.99 Å². The summed E-state index contributed by atoms with van der Waals surface area (Å²) in [6.45, 7) is 11.2. The molecule has 0 aromatic heterocycles. The van der Waals surface area contributed by atoms with E-state index in [9.17, 15) is 0 Å². The first kappa shape index (κ1) is 13.0. The highest BCUT2D eigenvalue weighted by Gasteiger charge is 1.91. The van der Waals surface area contributed by atoms with Crippen LogP contribution in [0.4, 0.5) is 0 Å². The predicted molar refractivity (Wildman–Crippen MR) is 67.3 cm³/mol. The summed E-state index contributed by atoms with van der Waals surface area (Å²) in [5, 5.41) is 2.75. The Kier molecular flexibility index (Phi) is 6.41. The minimum Gasteiger partial charge on any atom is -0.319 e. The average molecular weight is 200 g/mol. The van der Waals surface area contributed by atoms with E-state index in [-0.39, 0.29) is 0 Å². The Bertz CT molecular complexity index is 362. The highest BCUT2D eigenvalue weighted by molar-refractivity contribution is 5.84. The van der Waals surface area contributed by atoms with Crippen molar-refractivity contribution >= 4 is 6.21 Å². The number of allylic oxidation sites excluding steroid dienone is 5. The largest absolute Gasteiger partial charge is 0.319 e. The van der Waals surface area contributed by atoms with E-state index in [4.69, 9.17) is 6.42 Å². The van der Waals surface area contributed by atoms with E-state index in [0.29, 0.717) is 0 Å². The number of aliphatic imine (C=N–C) groups is 1. The molecule has 1 N–H and O–H groups in total. The number of nitrogens with one attached hydrogen (secondary N) is 1. The lowest BCUT2D eigenvalue weighted by Gasteiger charge is -1.98. The van der Waals surface area contributed by atoms with Crippen LogP contribution in [0.25, 0.3) is 0 Å². The Hall–Kier alpha value is -2.01. The maximum Gasteiger partial charge on any atom is 0.0342 e. The summed E-state index contributed by atoms with van der Waals surface area (Å²) in [7, 11) is 0. The fourth-order valence-corrected chi connectivity index (χ4v) is 0.799. The van der Waals surface area contributed by atoms with Crippen LogP contribution in [-0.2, 0) is 0 Å². The van der Waals surface area contributed by atoms with Crippen molar-refractivity contribution in [3.05, 3.63) is 48.4 Å². The van der Waals surface area contributed by atoms with Crippen LogP contribution >= 0.6 is 0 Å². The fraction of sp³-hybridized carbons (Fsp3) is 0.154. The second-order valence-electron chi connectivity index (χ2n) is 2.98. The number of hydrogen-bond acceptors (Lipinski definition) is 2. The van der Waals surface area contributed by atoms with Crippen LogP contribution in [0.15, 0.2) is 53.3 Å². The van der Waals surface area contributed by atoms with Gasteiger partial charge < -0.3 is 5.32 Å². The SMILES string of the molecule is C#CN/C(C)=C/C=C(/C=NC=C)C(=C)C. The summed E-state index contributed by atoms with van der Waals surface area (Å²) < 4.78 is 0. The predicted octanol–water partition coefficient (Wildman–Crippen LogP) is 2.79. The van der Waals surface area contributed by atoms with Gasteiger partial charge in [0.1, 0.15) is 0 Å². The first-order valence-electron chi connectivity index (χ1n) is 4.52. The molecule has 2 nitrogen and oxygen atoms in total. The quantitative estimate of drug-likeness (QED) is 0.314. The Morgan fingerprint density at radius 3 is 2.53 bits per heavy atom. The van der Waals surface area contributed by atoms with E-state index >= 15 is 0 Å². The van der Waals surface area contributed by atoms with Gasteiger partial charge in [0.25, 0.3) is 0 Å². The zero-order chi connectivity index (χ0) is 11.7. The van der Waals surface area contributed by atoms with Crippen molar-refractivity contribution in [1.82, 2.24) is 5.32 Å². The standard InChI is InChI=1S/C13H16N2/c1-6-14-10-13(11(3)4)9-8-12(5)15-7-2/h2,6,8-10,15H,1,3H2,4-5H3/b12-8+,13-9-,14-10?. The number of nitrogens with zero attached hydrogens (tertiary/aromatic N) is 1. The van der Waals surface area contributed by atoms with Crippen LogP contribution in [0.1, 0.15) is 13.8 Å². The third-order valence-electron chi connectivity index (χ3n) is 1.59. The van der Waals surface area contributed by atoms with Crippen molar-refractivity contribution in [3.63, 3.8) is 0 Å². The Morgan fingerprint density at radius 2 is 2.07 bits per heavy atom. The lowest BCUT2D eigenvalue weighted by Crippen LogP contribution is -2.00. The molecule has 0 radical (unpaired) electrons. The van der Waals surface area contributed by atoms with Gasteiger partial charge in [0.2, 0.25) is 0 Å². The summed E-state index contributed by atoms with van der Waals surface area (Å²) in [5.74, 6) is 0. The lowest BCUT2D eigenvalue weighted by molar-refractivity contribution is 1.10. The third kappa shape index (κ3) is 6.11. The van der Waals surface area contributed by atoms with E-state index in [0.717, 1.165) is 16.8 Å². The van der Waals surface area contributed by atoms with E-state index in [1.54, 1.807) is 6.21 Å². The average Bonchev–Trinajstić information content (AvgIpc) is 2.17. The molecule has 0 amide bonds. The third-order valence-corrected chi connectivity index (χ3v) is 1.59. The summed E-state index contributed by atoms with van der Waals surface area (Å²) in [4.78, 5) is 3.94. The lowest BCUT2D eigenvalue weighted by atomic mass is 10.1. The summed E-state index contributed by atoms with van der Waals surface area (Å²) in [6, 6.07) is 2.34. The zero-order valence-electron chi connectivity index (χ0n) is 9.25.